The third kappa shape index (κ3) is 5.67. The zero-order chi connectivity index (χ0) is 27.7. The Kier molecular flexibility index (Phi) is 7.95. The Balaban J connectivity index is 1.28. The number of halogens is 1. The van der Waals surface area contributed by atoms with Gasteiger partial charge in [-0.25, -0.2) is 0 Å². The Morgan fingerprint density at radius 1 is 1.05 bits per heavy atom. The van der Waals surface area contributed by atoms with Crippen molar-refractivity contribution in [3.05, 3.63) is 52.9 Å². The van der Waals surface area contributed by atoms with Crippen LogP contribution >= 0.6 is 11.6 Å². The first-order valence-electron chi connectivity index (χ1n) is 13.5. The SMILES string of the molecule is CC(C)CC(NC(=O)c1ccc(N2CCNCC2)cc1)C(=O)N1CCC2C1C(=O)CN2C(=O)c1ccc(Cl)o1. The van der Waals surface area contributed by atoms with Gasteiger partial charge < -0.3 is 29.8 Å². The molecule has 2 aromatic rings. The van der Waals surface area contributed by atoms with Crippen LogP contribution in [0.5, 0.6) is 0 Å². The summed E-state index contributed by atoms with van der Waals surface area (Å²) in [6.45, 7) is 7.85. The lowest BCUT2D eigenvalue weighted by Crippen LogP contribution is -2.53. The number of carbonyl (C=O) groups excluding carboxylic acids is 4. The second kappa shape index (κ2) is 11.4. The second-order valence-corrected chi connectivity index (χ2v) is 11.1. The lowest BCUT2D eigenvalue weighted by molar-refractivity contribution is -0.138. The minimum Gasteiger partial charge on any atom is -0.440 e. The van der Waals surface area contributed by atoms with Gasteiger partial charge in [0.1, 0.15) is 12.1 Å². The van der Waals surface area contributed by atoms with Gasteiger partial charge >= 0.3 is 0 Å². The summed E-state index contributed by atoms with van der Waals surface area (Å²) < 4.78 is 5.25. The summed E-state index contributed by atoms with van der Waals surface area (Å²) in [6.07, 6.45) is 0.900. The lowest BCUT2D eigenvalue weighted by atomic mass is 10.0. The van der Waals surface area contributed by atoms with Crippen LogP contribution in [-0.4, -0.2) is 90.7 Å². The maximum atomic E-state index is 13.8. The summed E-state index contributed by atoms with van der Waals surface area (Å²) in [5, 5.41) is 6.34. The molecule has 5 rings (SSSR count). The van der Waals surface area contributed by atoms with Gasteiger partial charge in [-0.15, -0.1) is 0 Å². The van der Waals surface area contributed by atoms with Crippen molar-refractivity contribution in [2.75, 3.05) is 44.2 Å². The first-order valence-corrected chi connectivity index (χ1v) is 13.9. The van der Waals surface area contributed by atoms with Crippen molar-refractivity contribution in [3.8, 4) is 0 Å². The molecule has 3 aliphatic rings. The number of Topliss-reactive ketones (excluding diaryl/α,β-unsaturated/α-hetero) is 1. The number of nitrogens with one attached hydrogen (secondary N) is 2. The van der Waals surface area contributed by atoms with E-state index in [0.29, 0.717) is 24.9 Å². The summed E-state index contributed by atoms with van der Waals surface area (Å²) in [7, 11) is 0. The normalized spacial score (nSPS) is 21.8. The van der Waals surface area contributed by atoms with Crippen molar-refractivity contribution >= 4 is 40.8 Å². The molecule has 3 fully saturated rings. The van der Waals surface area contributed by atoms with E-state index in [1.807, 2.05) is 26.0 Å². The van der Waals surface area contributed by atoms with Crippen LogP contribution in [0.3, 0.4) is 0 Å². The number of amides is 3. The van der Waals surface area contributed by atoms with Crippen molar-refractivity contribution in [2.24, 2.45) is 5.92 Å². The molecule has 0 saturated carbocycles. The van der Waals surface area contributed by atoms with Crippen molar-refractivity contribution in [2.45, 2.75) is 44.8 Å². The Bertz CT molecular complexity index is 1240. The fourth-order valence-electron chi connectivity index (χ4n) is 5.79. The molecule has 208 valence electrons. The topological polar surface area (TPSA) is 115 Å². The first kappa shape index (κ1) is 27.2. The summed E-state index contributed by atoms with van der Waals surface area (Å²) in [5.74, 6) is -1.06. The minimum absolute atomic E-state index is 0.0612. The van der Waals surface area contributed by atoms with Gasteiger partial charge in [-0.2, -0.15) is 0 Å². The van der Waals surface area contributed by atoms with Gasteiger partial charge in [-0.3, -0.25) is 19.2 Å². The quantitative estimate of drug-likeness (QED) is 0.538. The van der Waals surface area contributed by atoms with Gasteiger partial charge in [0, 0.05) is 44.0 Å². The van der Waals surface area contributed by atoms with Crippen LogP contribution in [-0.2, 0) is 9.59 Å². The monoisotopic (exact) mass is 555 g/mol. The molecule has 0 bridgehead atoms. The molecule has 1 aromatic carbocycles. The number of likely N-dealkylation sites (tertiary alicyclic amines) is 2. The van der Waals surface area contributed by atoms with Gasteiger partial charge in [0.25, 0.3) is 11.8 Å². The van der Waals surface area contributed by atoms with Gasteiger partial charge in [-0.05, 0) is 66.8 Å². The molecule has 4 heterocycles. The number of anilines is 1. The van der Waals surface area contributed by atoms with Gasteiger partial charge in [0.15, 0.2) is 16.8 Å². The number of hydrogen-bond donors (Lipinski definition) is 2. The summed E-state index contributed by atoms with van der Waals surface area (Å²) in [5.41, 5.74) is 1.53. The van der Waals surface area contributed by atoms with Crippen molar-refractivity contribution in [1.29, 1.82) is 0 Å². The Labute approximate surface area is 232 Å². The van der Waals surface area contributed by atoms with Crippen molar-refractivity contribution in [1.82, 2.24) is 20.4 Å². The molecule has 3 saturated heterocycles. The van der Waals surface area contributed by atoms with Crippen LogP contribution < -0.4 is 15.5 Å². The highest BCUT2D eigenvalue weighted by molar-refractivity contribution is 6.29. The number of furan rings is 1. The molecule has 0 aliphatic carbocycles. The van der Waals surface area contributed by atoms with Crippen LogP contribution in [0.2, 0.25) is 5.22 Å². The Hall–Kier alpha value is -3.37. The average molecular weight is 556 g/mol. The van der Waals surface area contributed by atoms with E-state index in [-0.39, 0.29) is 41.0 Å². The largest absolute Gasteiger partial charge is 0.440 e. The second-order valence-electron chi connectivity index (χ2n) is 10.8. The molecule has 10 nitrogen and oxygen atoms in total. The molecule has 39 heavy (non-hydrogen) atoms. The zero-order valence-electron chi connectivity index (χ0n) is 22.2. The molecule has 3 amide bonds. The van der Waals surface area contributed by atoms with E-state index >= 15 is 0 Å². The Morgan fingerprint density at radius 3 is 2.41 bits per heavy atom. The minimum atomic E-state index is -0.787. The predicted molar refractivity (Wildman–Crippen MR) is 146 cm³/mol. The first-order chi connectivity index (χ1) is 18.7. The van der Waals surface area contributed by atoms with Crippen LogP contribution in [0.15, 0.2) is 40.8 Å². The molecule has 3 aliphatic heterocycles. The number of ketones is 1. The number of nitrogens with zero attached hydrogens (tertiary/aromatic N) is 3. The molecule has 3 atom stereocenters. The number of carbonyl (C=O) groups is 4. The van der Waals surface area contributed by atoms with Crippen LogP contribution in [0.1, 0.15) is 47.6 Å². The van der Waals surface area contributed by atoms with E-state index in [4.69, 9.17) is 16.0 Å². The third-order valence-electron chi connectivity index (χ3n) is 7.67. The van der Waals surface area contributed by atoms with Gasteiger partial charge in [0.05, 0.1) is 12.6 Å². The molecular weight excluding hydrogens is 522 g/mol. The lowest BCUT2D eigenvalue weighted by Gasteiger charge is -2.30. The number of piperazine rings is 1. The highest BCUT2D eigenvalue weighted by atomic mass is 35.5. The smallest absolute Gasteiger partial charge is 0.290 e. The summed E-state index contributed by atoms with van der Waals surface area (Å²) in [4.78, 5) is 58.2. The number of benzene rings is 1. The highest BCUT2D eigenvalue weighted by Gasteiger charge is 2.52. The van der Waals surface area contributed by atoms with Crippen LogP contribution in [0, 0.1) is 5.92 Å². The molecule has 2 N–H and O–H groups in total. The number of fused-ring (bicyclic) bond motifs is 1. The third-order valence-corrected chi connectivity index (χ3v) is 7.88. The molecule has 0 spiro atoms. The molecule has 11 heteroatoms. The standard InChI is InChI=1S/C28H34ClN5O5/c1-17(2)15-20(31-26(36)18-3-5-19(6-4-18)32-13-10-30-11-14-32)27(37)33-12-9-21-25(33)22(35)16-34(21)28(38)23-7-8-24(29)39-23/h3-8,17,20-21,25,30H,9-16H2,1-2H3,(H,31,36). The van der Waals surface area contributed by atoms with E-state index in [1.54, 1.807) is 12.1 Å². The van der Waals surface area contributed by atoms with Gasteiger partial charge in [0.2, 0.25) is 5.91 Å². The molecular formula is C28H34ClN5O5. The van der Waals surface area contributed by atoms with Gasteiger partial charge in [-0.1, -0.05) is 13.8 Å². The summed E-state index contributed by atoms with van der Waals surface area (Å²) >= 11 is 5.83. The van der Waals surface area contributed by atoms with Crippen LogP contribution in [0.4, 0.5) is 5.69 Å². The zero-order valence-corrected chi connectivity index (χ0v) is 22.9. The van der Waals surface area contributed by atoms with E-state index in [9.17, 15) is 19.2 Å². The van der Waals surface area contributed by atoms with E-state index in [2.05, 4.69) is 15.5 Å². The maximum Gasteiger partial charge on any atom is 0.290 e. The number of rotatable bonds is 7. The Morgan fingerprint density at radius 2 is 1.77 bits per heavy atom. The predicted octanol–water partition coefficient (Wildman–Crippen LogP) is 2.18. The van der Waals surface area contributed by atoms with Crippen molar-refractivity contribution < 1.29 is 23.6 Å². The molecule has 0 radical (unpaired) electrons. The maximum absolute atomic E-state index is 13.8. The van der Waals surface area contributed by atoms with E-state index in [1.165, 1.54) is 21.9 Å². The average Bonchev–Trinajstić information content (AvgIpc) is 3.65. The molecule has 3 unspecified atom stereocenters. The van der Waals surface area contributed by atoms with Crippen LogP contribution in [0.25, 0.3) is 0 Å². The molecule has 1 aromatic heterocycles. The fraction of sp³-hybridized carbons (Fsp3) is 0.500. The van der Waals surface area contributed by atoms with E-state index < -0.39 is 24.0 Å². The number of hydrogen-bond acceptors (Lipinski definition) is 7. The summed E-state index contributed by atoms with van der Waals surface area (Å²) in [6, 6.07) is 8.41. The van der Waals surface area contributed by atoms with E-state index in [0.717, 1.165) is 31.9 Å². The fourth-order valence-corrected chi connectivity index (χ4v) is 5.94. The highest BCUT2D eigenvalue weighted by Crippen LogP contribution is 2.32. The van der Waals surface area contributed by atoms with Crippen molar-refractivity contribution in [3.63, 3.8) is 0 Å².